The van der Waals surface area contributed by atoms with Crippen molar-refractivity contribution in [2.75, 3.05) is 20.8 Å². The van der Waals surface area contributed by atoms with E-state index in [1.807, 2.05) is 13.0 Å². The van der Waals surface area contributed by atoms with Crippen LogP contribution < -0.4 is 9.47 Å². The minimum Gasteiger partial charge on any atom is -0.507 e. The molecule has 0 spiro atoms. The van der Waals surface area contributed by atoms with Gasteiger partial charge in [-0.1, -0.05) is 43.7 Å². The number of nitrogens with zero attached hydrogens (tertiary/aromatic N) is 1. The van der Waals surface area contributed by atoms with Crippen LogP contribution in [0, 0.1) is 0 Å². The highest BCUT2D eigenvalue weighted by Gasteiger charge is 2.46. The van der Waals surface area contributed by atoms with Gasteiger partial charge >= 0.3 is 0 Å². The maximum atomic E-state index is 12.9. The molecule has 1 fully saturated rings. The fourth-order valence-corrected chi connectivity index (χ4v) is 3.56. The molecule has 0 aliphatic carbocycles. The molecule has 152 valence electrons. The number of carbonyl (C=O) groups excluding carboxylic acids is 2. The molecule has 1 amide bonds. The molecule has 1 atom stereocenters. The molecular formula is C23H25NO5. The lowest BCUT2D eigenvalue weighted by atomic mass is 9.94. The van der Waals surface area contributed by atoms with Gasteiger partial charge < -0.3 is 19.5 Å². The zero-order chi connectivity index (χ0) is 21.0. The first-order chi connectivity index (χ1) is 14.0. The molecule has 1 saturated heterocycles. The molecule has 1 aliphatic rings. The summed E-state index contributed by atoms with van der Waals surface area (Å²) in [6, 6.07) is 13.3. The molecule has 2 aromatic rings. The minimum atomic E-state index is -0.734. The fourth-order valence-electron chi connectivity index (χ4n) is 3.56. The molecule has 0 unspecified atom stereocenters. The van der Waals surface area contributed by atoms with Gasteiger partial charge in [-0.05, 0) is 18.6 Å². The third-order valence-electron chi connectivity index (χ3n) is 5.07. The molecule has 0 bridgehead atoms. The number of amides is 1. The highest BCUT2D eigenvalue weighted by molar-refractivity contribution is 6.46. The normalized spacial score (nSPS) is 18.2. The fraction of sp³-hybridized carbons (Fsp3) is 0.304. The van der Waals surface area contributed by atoms with Crippen LogP contribution in [0.5, 0.6) is 11.5 Å². The number of ether oxygens (including phenoxy) is 2. The quantitative estimate of drug-likeness (QED) is 0.437. The standard InChI is InChI=1S/C23H25NO5/c1-4-5-13-24-20(17-12-11-16(28-2)14-18(17)29-3)19(22(26)23(24)27)21(25)15-9-7-6-8-10-15/h6-12,14,20,25H,4-5,13H2,1-3H3/t20-/m0/s1. The lowest BCUT2D eigenvalue weighted by Gasteiger charge is -2.26. The SMILES string of the molecule is CCCCN1C(=O)C(=O)C(=C(O)c2ccccc2)[C@@H]1c1ccc(OC)cc1OC. The lowest BCUT2D eigenvalue weighted by Crippen LogP contribution is -2.30. The summed E-state index contributed by atoms with van der Waals surface area (Å²) in [6.45, 7) is 2.43. The van der Waals surface area contributed by atoms with E-state index in [0.717, 1.165) is 12.8 Å². The Morgan fingerprint density at radius 2 is 1.79 bits per heavy atom. The first kappa shape index (κ1) is 20.5. The van der Waals surface area contributed by atoms with Crippen molar-refractivity contribution in [1.29, 1.82) is 0 Å². The Morgan fingerprint density at radius 1 is 1.07 bits per heavy atom. The van der Waals surface area contributed by atoms with Gasteiger partial charge in [0.05, 0.1) is 25.8 Å². The Balaban J connectivity index is 2.21. The number of unbranched alkanes of at least 4 members (excludes halogenated alkanes) is 1. The molecule has 6 nitrogen and oxygen atoms in total. The van der Waals surface area contributed by atoms with Gasteiger partial charge in [-0.15, -0.1) is 0 Å². The summed E-state index contributed by atoms with van der Waals surface area (Å²) in [4.78, 5) is 27.3. The molecule has 1 aliphatic heterocycles. The van der Waals surface area contributed by atoms with E-state index in [-0.39, 0.29) is 11.3 Å². The van der Waals surface area contributed by atoms with Crippen LogP contribution in [0.15, 0.2) is 54.1 Å². The van der Waals surface area contributed by atoms with Gasteiger partial charge in [0.15, 0.2) is 0 Å². The van der Waals surface area contributed by atoms with Gasteiger partial charge in [-0.2, -0.15) is 0 Å². The Hall–Kier alpha value is -3.28. The highest BCUT2D eigenvalue weighted by atomic mass is 16.5. The van der Waals surface area contributed by atoms with Crippen molar-refractivity contribution in [3.8, 4) is 11.5 Å². The molecule has 29 heavy (non-hydrogen) atoms. The average molecular weight is 395 g/mol. The zero-order valence-corrected chi connectivity index (χ0v) is 16.8. The van der Waals surface area contributed by atoms with E-state index in [2.05, 4.69) is 0 Å². The molecule has 3 rings (SSSR count). The molecule has 0 radical (unpaired) electrons. The van der Waals surface area contributed by atoms with Crippen molar-refractivity contribution < 1.29 is 24.2 Å². The summed E-state index contributed by atoms with van der Waals surface area (Å²) in [5.41, 5.74) is 1.18. The van der Waals surface area contributed by atoms with Crippen molar-refractivity contribution in [2.45, 2.75) is 25.8 Å². The van der Waals surface area contributed by atoms with Gasteiger partial charge in [-0.25, -0.2) is 0 Å². The molecule has 1 N–H and O–H groups in total. The van der Waals surface area contributed by atoms with Gasteiger partial charge in [-0.3, -0.25) is 9.59 Å². The topological polar surface area (TPSA) is 76.1 Å². The van der Waals surface area contributed by atoms with E-state index in [4.69, 9.17) is 9.47 Å². The maximum Gasteiger partial charge on any atom is 0.295 e. The third-order valence-corrected chi connectivity index (χ3v) is 5.07. The van der Waals surface area contributed by atoms with Gasteiger partial charge in [0.2, 0.25) is 0 Å². The Morgan fingerprint density at radius 3 is 2.41 bits per heavy atom. The van der Waals surface area contributed by atoms with Crippen LogP contribution in [0.25, 0.3) is 5.76 Å². The second kappa shape index (κ2) is 8.82. The van der Waals surface area contributed by atoms with Crippen molar-refractivity contribution in [2.24, 2.45) is 0 Å². The molecule has 2 aromatic carbocycles. The number of ketones is 1. The number of hydrogen-bond donors (Lipinski definition) is 1. The number of hydrogen-bond acceptors (Lipinski definition) is 5. The summed E-state index contributed by atoms with van der Waals surface area (Å²) >= 11 is 0. The number of carbonyl (C=O) groups is 2. The monoisotopic (exact) mass is 395 g/mol. The van der Waals surface area contributed by atoms with Crippen LogP contribution in [0.1, 0.15) is 36.9 Å². The van der Waals surface area contributed by atoms with E-state index in [1.54, 1.807) is 49.6 Å². The van der Waals surface area contributed by atoms with Gasteiger partial charge in [0, 0.05) is 23.7 Å². The molecule has 6 heteroatoms. The number of likely N-dealkylation sites (tertiary alicyclic amines) is 1. The number of aliphatic hydroxyl groups is 1. The van der Waals surface area contributed by atoms with E-state index in [9.17, 15) is 14.7 Å². The zero-order valence-electron chi connectivity index (χ0n) is 16.8. The predicted octanol–water partition coefficient (Wildman–Crippen LogP) is 3.93. The van der Waals surface area contributed by atoms with E-state index >= 15 is 0 Å². The first-order valence-electron chi connectivity index (χ1n) is 9.59. The van der Waals surface area contributed by atoms with Crippen molar-refractivity contribution >= 4 is 17.4 Å². The van der Waals surface area contributed by atoms with Crippen LogP contribution >= 0.6 is 0 Å². The largest absolute Gasteiger partial charge is 0.507 e. The summed E-state index contributed by atoms with van der Waals surface area (Å²) in [7, 11) is 3.07. The predicted molar refractivity (Wildman–Crippen MR) is 110 cm³/mol. The second-order valence-electron chi connectivity index (χ2n) is 6.82. The Bertz CT molecular complexity index is 936. The van der Waals surface area contributed by atoms with E-state index in [0.29, 0.717) is 29.2 Å². The smallest absolute Gasteiger partial charge is 0.295 e. The van der Waals surface area contributed by atoms with Crippen LogP contribution in [0.4, 0.5) is 0 Å². The molecule has 0 aromatic heterocycles. The number of methoxy groups -OCH3 is 2. The maximum absolute atomic E-state index is 12.9. The Labute approximate surface area is 170 Å². The molecule has 0 saturated carbocycles. The lowest BCUT2D eigenvalue weighted by molar-refractivity contribution is -0.139. The minimum absolute atomic E-state index is 0.0702. The van der Waals surface area contributed by atoms with Crippen LogP contribution in [-0.4, -0.2) is 42.5 Å². The first-order valence-corrected chi connectivity index (χ1v) is 9.59. The second-order valence-corrected chi connectivity index (χ2v) is 6.82. The van der Waals surface area contributed by atoms with E-state index < -0.39 is 17.7 Å². The van der Waals surface area contributed by atoms with Gasteiger partial charge in [0.1, 0.15) is 17.3 Å². The number of Topliss-reactive ketones (excluding diaryl/α,β-unsaturated/α-hetero) is 1. The van der Waals surface area contributed by atoms with E-state index in [1.165, 1.54) is 12.0 Å². The molecule has 1 heterocycles. The summed E-state index contributed by atoms with van der Waals surface area (Å²) in [5.74, 6) is -0.411. The van der Waals surface area contributed by atoms with Crippen molar-refractivity contribution in [3.63, 3.8) is 0 Å². The number of aliphatic hydroxyl groups excluding tert-OH is 1. The summed E-state index contributed by atoms with van der Waals surface area (Å²) in [6.07, 6.45) is 1.61. The summed E-state index contributed by atoms with van der Waals surface area (Å²) in [5, 5.41) is 11.0. The van der Waals surface area contributed by atoms with Crippen LogP contribution in [0.3, 0.4) is 0 Å². The molecular weight excluding hydrogens is 370 g/mol. The highest BCUT2D eigenvalue weighted by Crippen LogP contribution is 2.43. The third kappa shape index (κ3) is 3.83. The van der Waals surface area contributed by atoms with Crippen LogP contribution in [-0.2, 0) is 9.59 Å². The van der Waals surface area contributed by atoms with Crippen molar-refractivity contribution in [3.05, 3.63) is 65.2 Å². The number of benzene rings is 2. The van der Waals surface area contributed by atoms with Crippen LogP contribution in [0.2, 0.25) is 0 Å². The number of rotatable bonds is 7. The average Bonchev–Trinajstić information content (AvgIpc) is 3.01. The Kier molecular flexibility index (Phi) is 6.22. The van der Waals surface area contributed by atoms with Crippen molar-refractivity contribution in [1.82, 2.24) is 4.90 Å². The summed E-state index contributed by atoms with van der Waals surface area (Å²) < 4.78 is 10.8. The van der Waals surface area contributed by atoms with Gasteiger partial charge in [0.25, 0.3) is 11.7 Å².